The number of hydrogen-bond acceptors (Lipinski definition) is 33. The zero-order chi connectivity index (χ0) is 68.8. The van der Waals surface area contributed by atoms with E-state index in [1.54, 1.807) is 0 Å². The van der Waals surface area contributed by atoms with E-state index in [9.17, 15) is 102 Å². The summed E-state index contributed by atoms with van der Waals surface area (Å²) in [5.74, 6) is -1.79. The van der Waals surface area contributed by atoms with Gasteiger partial charge in [-0.2, -0.15) is 0 Å². The van der Waals surface area contributed by atoms with Crippen molar-refractivity contribution in [2.45, 2.75) is 289 Å². The monoisotopic (exact) mass is 1370 g/mol. The number of ketones is 1. The van der Waals surface area contributed by atoms with Crippen molar-refractivity contribution in [3.05, 3.63) is 0 Å². The molecule has 0 aromatic carbocycles. The molecule has 41 atom stereocenters. The maximum atomic E-state index is 14.9. The molecule has 7 heterocycles. The Labute approximate surface area is 548 Å². The molecule has 33 nitrogen and oxygen atoms in total. The summed E-state index contributed by atoms with van der Waals surface area (Å²) in [6.45, 7) is 5.60. The predicted octanol–water partition coefficient (Wildman–Crippen LogP) is -7.46. The SMILES string of the molecule is CC(CCC1(O)OC2CC3C4CCC5CC(OC6OC(CO)C(OC7OC(CO)C(OC8OC(CO)C(O)C(OC9OC(C)C(O)C(O)C9O)C8OC8OCC(O)C(O)C8O)C(O)C7O)C(O)C6O)CCC5(C)C4CC(=O)C3(C)C2C1C)COC1OC(CO)C(O)C(O)C1O. The average Bonchev–Trinajstić information content (AvgIpc) is 1.56. The zero-order valence-corrected chi connectivity index (χ0v) is 53.8. The number of carbonyl (C=O) groups is 1. The lowest BCUT2D eigenvalue weighted by Gasteiger charge is -2.60. The lowest BCUT2D eigenvalue weighted by Crippen LogP contribution is -2.68. The van der Waals surface area contributed by atoms with Crippen molar-refractivity contribution >= 4 is 5.78 Å². The third-order valence-electron chi connectivity index (χ3n) is 23.8. The van der Waals surface area contributed by atoms with Crippen molar-refractivity contribution in [3.63, 3.8) is 0 Å². The van der Waals surface area contributed by atoms with Crippen molar-refractivity contribution in [1.29, 1.82) is 0 Å². The third kappa shape index (κ3) is 13.7. The van der Waals surface area contributed by atoms with Gasteiger partial charge < -0.3 is 159 Å². The molecule has 0 aromatic rings. The van der Waals surface area contributed by atoms with E-state index < -0.39 is 228 Å². The molecule has 4 saturated carbocycles. The second-order valence-electron chi connectivity index (χ2n) is 29.3. The number of Topliss-reactive ketones (excluding diaryl/α,β-unsaturated/α-hetero) is 1. The minimum Gasteiger partial charge on any atom is -0.394 e. The van der Waals surface area contributed by atoms with Gasteiger partial charge in [-0.15, -0.1) is 0 Å². The van der Waals surface area contributed by atoms with E-state index >= 15 is 0 Å². The van der Waals surface area contributed by atoms with E-state index in [0.717, 1.165) is 12.8 Å². The minimum atomic E-state index is -2.14. The first-order valence-corrected chi connectivity index (χ1v) is 33.6. The fourth-order valence-electron chi connectivity index (χ4n) is 17.9. The second kappa shape index (κ2) is 29.6. The van der Waals surface area contributed by atoms with Gasteiger partial charge in [-0.05, 0) is 86.9 Å². The predicted molar refractivity (Wildman–Crippen MR) is 310 cm³/mol. The van der Waals surface area contributed by atoms with Crippen molar-refractivity contribution in [1.82, 2.24) is 0 Å². The van der Waals surface area contributed by atoms with Gasteiger partial charge in [0, 0.05) is 30.1 Å². The summed E-state index contributed by atoms with van der Waals surface area (Å²) in [7, 11) is 0. The van der Waals surface area contributed by atoms with Crippen LogP contribution in [0.2, 0.25) is 0 Å². The van der Waals surface area contributed by atoms with Crippen LogP contribution in [-0.4, -0.2) is 339 Å². The Balaban J connectivity index is 0.696. The van der Waals surface area contributed by atoms with E-state index in [1.165, 1.54) is 6.92 Å². The lowest BCUT2D eigenvalue weighted by molar-refractivity contribution is -0.405. The van der Waals surface area contributed by atoms with E-state index in [2.05, 4.69) is 13.8 Å². The maximum Gasteiger partial charge on any atom is 0.187 e. The molecule has 0 aromatic heterocycles. The highest BCUT2D eigenvalue weighted by molar-refractivity contribution is 5.87. The number of aliphatic hydroxyl groups is 19. The van der Waals surface area contributed by atoms with Crippen LogP contribution in [-0.2, 0) is 66.4 Å². The molecular weight excluding hydrogens is 1270 g/mol. The van der Waals surface area contributed by atoms with Crippen LogP contribution in [0.4, 0.5) is 0 Å². The highest BCUT2D eigenvalue weighted by Gasteiger charge is 2.71. The Morgan fingerprint density at radius 2 is 1.05 bits per heavy atom. The quantitative estimate of drug-likeness (QED) is 0.0504. The standard InChI is InChI=1S/C62H102O33/c1-21(19-83-54-46(78)42(74)39(71)31(15-63)87-54)8-11-62(82)22(2)36-30(95-62)13-28-26-7-6-24-12-25(9-10-60(24,4)27(26)14-35(68)61(28,36)5)86-57-48(80)43(75)50(33(17-65)89-57)91-58-49(81)44(76)51(34(18-66)90-58)92-59-53(94-55-45(77)38(70)29(67)20-84-55)52(40(72)32(16-64)88-59)93-56-47(79)41(73)37(69)23(3)85-56/h21-34,36-59,63-67,69-82H,6-20H2,1-5H3. The molecule has 11 rings (SSSR count). The molecule has 548 valence electrons. The van der Waals surface area contributed by atoms with Crippen LogP contribution in [0.3, 0.4) is 0 Å². The number of ether oxygens (including phenoxy) is 13. The van der Waals surface area contributed by atoms with Crippen LogP contribution < -0.4 is 0 Å². The van der Waals surface area contributed by atoms with E-state index in [0.29, 0.717) is 38.5 Å². The van der Waals surface area contributed by atoms with Gasteiger partial charge >= 0.3 is 0 Å². The van der Waals surface area contributed by atoms with Gasteiger partial charge in [0.15, 0.2) is 43.5 Å². The molecule has 0 spiro atoms. The lowest BCUT2D eigenvalue weighted by atomic mass is 9.44. The molecule has 95 heavy (non-hydrogen) atoms. The summed E-state index contributed by atoms with van der Waals surface area (Å²) < 4.78 is 77.3. The number of fused-ring (bicyclic) bond motifs is 7. The van der Waals surface area contributed by atoms with Crippen molar-refractivity contribution in [3.8, 4) is 0 Å². The highest BCUT2D eigenvalue weighted by atomic mass is 16.8. The Kier molecular flexibility index (Phi) is 23.3. The Hall–Kier alpha value is -1.61. The van der Waals surface area contributed by atoms with Crippen LogP contribution in [0, 0.1) is 52.3 Å². The molecule has 11 fully saturated rings. The van der Waals surface area contributed by atoms with Crippen molar-refractivity contribution < 1.29 is 163 Å². The second-order valence-corrected chi connectivity index (χ2v) is 29.3. The number of hydrogen-bond donors (Lipinski definition) is 19. The van der Waals surface area contributed by atoms with E-state index in [4.69, 9.17) is 61.6 Å². The molecule has 4 aliphatic carbocycles. The number of aliphatic hydroxyl groups excluding tert-OH is 18. The topological polar surface area (TPSA) is 521 Å². The normalized spacial score (nSPS) is 55.3. The molecule has 11 aliphatic rings. The van der Waals surface area contributed by atoms with Gasteiger partial charge in [0.2, 0.25) is 0 Å². The van der Waals surface area contributed by atoms with Crippen LogP contribution in [0.25, 0.3) is 0 Å². The zero-order valence-electron chi connectivity index (χ0n) is 53.8. The van der Waals surface area contributed by atoms with Gasteiger partial charge in [-0.3, -0.25) is 4.79 Å². The fourth-order valence-corrected chi connectivity index (χ4v) is 17.9. The molecule has 0 amide bonds. The van der Waals surface area contributed by atoms with Crippen molar-refractivity contribution in [2.75, 3.05) is 39.6 Å². The molecule has 33 heteroatoms. The molecule has 0 bridgehead atoms. The summed E-state index contributed by atoms with van der Waals surface area (Å²) in [6.07, 6.45) is -46.0. The smallest absolute Gasteiger partial charge is 0.187 e. The van der Waals surface area contributed by atoms with Gasteiger partial charge in [0.25, 0.3) is 0 Å². The summed E-state index contributed by atoms with van der Waals surface area (Å²) in [5, 5.41) is 206. The van der Waals surface area contributed by atoms with E-state index in [1.807, 2.05) is 13.8 Å². The van der Waals surface area contributed by atoms with Gasteiger partial charge in [-0.1, -0.05) is 27.7 Å². The van der Waals surface area contributed by atoms with Crippen LogP contribution >= 0.6 is 0 Å². The molecule has 19 N–H and O–H groups in total. The summed E-state index contributed by atoms with van der Waals surface area (Å²) >= 11 is 0. The maximum absolute atomic E-state index is 14.9. The summed E-state index contributed by atoms with van der Waals surface area (Å²) in [4.78, 5) is 14.9. The number of carbonyl (C=O) groups excluding carboxylic acids is 1. The molecule has 7 saturated heterocycles. The van der Waals surface area contributed by atoms with Crippen LogP contribution in [0.1, 0.15) is 92.4 Å². The first-order chi connectivity index (χ1) is 44.9. The Morgan fingerprint density at radius 1 is 0.526 bits per heavy atom. The fraction of sp³-hybridized carbons (Fsp3) is 0.984. The van der Waals surface area contributed by atoms with E-state index in [-0.39, 0.29) is 71.8 Å². The van der Waals surface area contributed by atoms with Crippen molar-refractivity contribution in [2.24, 2.45) is 52.3 Å². The third-order valence-corrected chi connectivity index (χ3v) is 23.8. The van der Waals surface area contributed by atoms with Crippen LogP contribution in [0.5, 0.6) is 0 Å². The number of rotatable bonds is 20. The van der Waals surface area contributed by atoms with Gasteiger partial charge in [0.1, 0.15) is 140 Å². The summed E-state index contributed by atoms with van der Waals surface area (Å²) in [5.41, 5.74) is -1.01. The minimum absolute atomic E-state index is 0.0144. The first kappa shape index (κ1) is 74.6. The van der Waals surface area contributed by atoms with Gasteiger partial charge in [-0.25, -0.2) is 0 Å². The first-order valence-electron chi connectivity index (χ1n) is 33.6. The Morgan fingerprint density at radius 3 is 1.69 bits per heavy atom. The highest BCUT2D eigenvalue weighted by Crippen LogP contribution is 2.70. The Bertz CT molecular complexity index is 2530. The molecule has 0 radical (unpaired) electrons. The van der Waals surface area contributed by atoms with Gasteiger partial charge in [0.05, 0.1) is 58.0 Å². The molecule has 41 unspecified atom stereocenters. The van der Waals surface area contributed by atoms with Crippen LogP contribution in [0.15, 0.2) is 0 Å². The largest absolute Gasteiger partial charge is 0.394 e. The molecular formula is C62H102O33. The summed E-state index contributed by atoms with van der Waals surface area (Å²) in [6, 6.07) is 0. The average molecular weight is 1380 g/mol. The molecule has 7 aliphatic heterocycles.